The number of hydrogen-bond acceptors (Lipinski definition) is 4. The normalized spacial score (nSPS) is 9.86. The first-order valence-corrected chi connectivity index (χ1v) is 3.99. The molecular weight excluding hydrogens is 184 g/mol. The molecule has 0 heterocycles. The Morgan fingerprint density at radius 1 is 1.50 bits per heavy atom. The molecule has 5 heteroatoms. The Balaban J connectivity index is 3.47. The van der Waals surface area contributed by atoms with E-state index in [4.69, 9.17) is 5.73 Å². The van der Waals surface area contributed by atoms with Gasteiger partial charge in [0.05, 0.1) is 4.92 Å². The summed E-state index contributed by atoms with van der Waals surface area (Å²) >= 11 is 0. The standard InChI is InChI=1S/C9H10N2O3/c1-5-3-7(6(2)12)9(10)8(4-5)11(13)14/h3-4H,10H2,1-2H3. The van der Waals surface area contributed by atoms with Crippen molar-refractivity contribution < 1.29 is 9.72 Å². The van der Waals surface area contributed by atoms with Gasteiger partial charge >= 0.3 is 0 Å². The predicted molar refractivity (Wildman–Crippen MR) is 52.3 cm³/mol. The molecule has 14 heavy (non-hydrogen) atoms. The summed E-state index contributed by atoms with van der Waals surface area (Å²) in [7, 11) is 0. The molecule has 0 bridgehead atoms. The number of hydrogen-bond donors (Lipinski definition) is 1. The molecule has 0 radical (unpaired) electrons. The molecule has 74 valence electrons. The highest BCUT2D eigenvalue weighted by molar-refractivity contribution is 6.01. The van der Waals surface area contributed by atoms with Gasteiger partial charge in [0.2, 0.25) is 0 Å². The lowest BCUT2D eigenvalue weighted by Gasteiger charge is -2.04. The number of carbonyl (C=O) groups excluding carboxylic acids is 1. The first-order chi connectivity index (χ1) is 6.43. The van der Waals surface area contributed by atoms with Crippen LogP contribution in [-0.4, -0.2) is 10.7 Å². The van der Waals surface area contributed by atoms with E-state index in [-0.39, 0.29) is 22.7 Å². The van der Waals surface area contributed by atoms with Crippen molar-refractivity contribution in [3.63, 3.8) is 0 Å². The molecule has 0 aliphatic rings. The van der Waals surface area contributed by atoms with Crippen molar-refractivity contribution in [3.05, 3.63) is 33.4 Å². The maximum atomic E-state index is 11.1. The first kappa shape index (κ1) is 10.2. The van der Waals surface area contributed by atoms with E-state index < -0.39 is 4.92 Å². The summed E-state index contributed by atoms with van der Waals surface area (Å²) < 4.78 is 0. The summed E-state index contributed by atoms with van der Waals surface area (Å²) in [6.07, 6.45) is 0. The van der Waals surface area contributed by atoms with Gasteiger partial charge in [-0.1, -0.05) is 0 Å². The molecule has 2 N–H and O–H groups in total. The van der Waals surface area contributed by atoms with Crippen molar-refractivity contribution in [3.8, 4) is 0 Å². The lowest BCUT2D eigenvalue weighted by molar-refractivity contribution is -0.384. The number of nitrogens with two attached hydrogens (primary N) is 1. The molecule has 0 aliphatic carbocycles. The van der Waals surface area contributed by atoms with Gasteiger partial charge in [-0.2, -0.15) is 0 Å². The Bertz CT molecular complexity index is 378. The van der Waals surface area contributed by atoms with Crippen molar-refractivity contribution >= 4 is 17.2 Å². The Hall–Kier alpha value is -1.91. The number of nitro benzene ring substituents is 1. The molecule has 0 atom stereocenters. The highest BCUT2D eigenvalue weighted by Crippen LogP contribution is 2.27. The minimum absolute atomic E-state index is 0.0619. The molecule has 0 unspecified atom stereocenters. The van der Waals surface area contributed by atoms with Gasteiger partial charge in [0.15, 0.2) is 5.78 Å². The number of anilines is 1. The van der Waals surface area contributed by atoms with Crippen LogP contribution in [0.1, 0.15) is 22.8 Å². The molecule has 0 aliphatic heterocycles. The lowest BCUT2D eigenvalue weighted by atomic mass is 10.0. The Kier molecular flexibility index (Phi) is 2.51. The third kappa shape index (κ3) is 1.71. The molecule has 0 amide bonds. The van der Waals surface area contributed by atoms with Gasteiger partial charge in [-0.3, -0.25) is 14.9 Å². The van der Waals surface area contributed by atoms with E-state index in [9.17, 15) is 14.9 Å². The minimum Gasteiger partial charge on any atom is -0.393 e. The Morgan fingerprint density at radius 3 is 2.50 bits per heavy atom. The van der Waals surface area contributed by atoms with Gasteiger partial charge in [-0.25, -0.2) is 0 Å². The van der Waals surface area contributed by atoms with Gasteiger partial charge in [0, 0.05) is 11.6 Å². The third-order valence-corrected chi connectivity index (χ3v) is 1.88. The Morgan fingerprint density at radius 2 is 2.07 bits per heavy atom. The number of nitrogens with zero attached hydrogens (tertiary/aromatic N) is 1. The number of ketones is 1. The van der Waals surface area contributed by atoms with Crippen LogP contribution in [0.2, 0.25) is 0 Å². The molecule has 0 aromatic heterocycles. The number of carbonyl (C=O) groups is 1. The topological polar surface area (TPSA) is 86.2 Å². The molecule has 5 nitrogen and oxygen atoms in total. The molecular formula is C9H10N2O3. The van der Waals surface area contributed by atoms with Crippen LogP contribution >= 0.6 is 0 Å². The zero-order valence-electron chi connectivity index (χ0n) is 7.90. The zero-order valence-corrected chi connectivity index (χ0v) is 7.90. The van der Waals surface area contributed by atoms with Crippen LogP contribution in [0.15, 0.2) is 12.1 Å². The maximum absolute atomic E-state index is 11.1. The van der Waals surface area contributed by atoms with E-state index in [2.05, 4.69) is 0 Å². The summed E-state index contributed by atoms with van der Waals surface area (Å²) in [5.41, 5.74) is 6.07. The van der Waals surface area contributed by atoms with Crippen LogP contribution in [0.5, 0.6) is 0 Å². The largest absolute Gasteiger partial charge is 0.393 e. The number of benzene rings is 1. The number of rotatable bonds is 2. The summed E-state index contributed by atoms with van der Waals surface area (Å²) in [4.78, 5) is 21.1. The van der Waals surface area contributed by atoms with Gasteiger partial charge < -0.3 is 5.73 Å². The van der Waals surface area contributed by atoms with Gasteiger partial charge in [0.25, 0.3) is 5.69 Å². The van der Waals surface area contributed by atoms with Crippen LogP contribution in [0.4, 0.5) is 11.4 Å². The van der Waals surface area contributed by atoms with Crippen LogP contribution in [0.3, 0.4) is 0 Å². The number of Topliss-reactive ketones (excluding diaryl/α,β-unsaturated/α-hetero) is 1. The average Bonchev–Trinajstić information content (AvgIpc) is 2.07. The Labute approximate surface area is 80.7 Å². The van der Waals surface area contributed by atoms with E-state index in [0.29, 0.717) is 5.56 Å². The fourth-order valence-corrected chi connectivity index (χ4v) is 1.22. The second-order valence-corrected chi connectivity index (χ2v) is 3.06. The van der Waals surface area contributed by atoms with Crippen molar-refractivity contribution in [1.29, 1.82) is 0 Å². The first-order valence-electron chi connectivity index (χ1n) is 3.99. The second-order valence-electron chi connectivity index (χ2n) is 3.06. The fraction of sp³-hybridized carbons (Fsp3) is 0.222. The number of nitrogen functional groups attached to an aromatic ring is 1. The summed E-state index contributed by atoms with van der Waals surface area (Å²) in [6.45, 7) is 3.01. The summed E-state index contributed by atoms with van der Waals surface area (Å²) in [5, 5.41) is 10.6. The van der Waals surface area contributed by atoms with Gasteiger partial charge in [0.1, 0.15) is 5.69 Å². The smallest absolute Gasteiger partial charge is 0.293 e. The van der Waals surface area contributed by atoms with E-state index in [1.165, 1.54) is 13.0 Å². The molecule has 0 fully saturated rings. The highest BCUT2D eigenvalue weighted by atomic mass is 16.6. The lowest BCUT2D eigenvalue weighted by Crippen LogP contribution is -2.04. The monoisotopic (exact) mass is 194 g/mol. The van der Waals surface area contributed by atoms with Crippen molar-refractivity contribution in [2.24, 2.45) is 0 Å². The van der Waals surface area contributed by atoms with Crippen LogP contribution in [-0.2, 0) is 0 Å². The highest BCUT2D eigenvalue weighted by Gasteiger charge is 2.17. The van der Waals surface area contributed by atoms with Gasteiger partial charge in [-0.05, 0) is 25.5 Å². The predicted octanol–water partition coefficient (Wildman–Crippen LogP) is 1.69. The third-order valence-electron chi connectivity index (χ3n) is 1.88. The summed E-state index contributed by atoms with van der Waals surface area (Å²) in [6, 6.07) is 2.90. The van der Waals surface area contributed by atoms with Crippen LogP contribution in [0.25, 0.3) is 0 Å². The van der Waals surface area contributed by atoms with E-state index in [1.54, 1.807) is 13.0 Å². The van der Waals surface area contributed by atoms with Crippen molar-refractivity contribution in [2.75, 3.05) is 5.73 Å². The van der Waals surface area contributed by atoms with E-state index in [1.807, 2.05) is 0 Å². The van der Waals surface area contributed by atoms with Crippen molar-refractivity contribution in [1.82, 2.24) is 0 Å². The van der Waals surface area contributed by atoms with E-state index in [0.717, 1.165) is 0 Å². The number of aryl methyl sites for hydroxylation is 1. The van der Waals surface area contributed by atoms with E-state index >= 15 is 0 Å². The number of nitro groups is 1. The summed E-state index contributed by atoms with van der Waals surface area (Å²) in [5.74, 6) is -0.269. The molecule has 1 aromatic carbocycles. The minimum atomic E-state index is -0.589. The molecule has 0 spiro atoms. The molecule has 0 saturated carbocycles. The molecule has 0 saturated heterocycles. The van der Waals surface area contributed by atoms with Crippen LogP contribution in [0, 0.1) is 17.0 Å². The van der Waals surface area contributed by atoms with Crippen molar-refractivity contribution in [2.45, 2.75) is 13.8 Å². The quantitative estimate of drug-likeness (QED) is 0.336. The molecule has 1 aromatic rings. The second kappa shape index (κ2) is 3.45. The van der Waals surface area contributed by atoms with Crippen LogP contribution < -0.4 is 5.73 Å². The SMILES string of the molecule is CC(=O)c1cc(C)cc([N+](=O)[O-])c1N. The van der Waals surface area contributed by atoms with Gasteiger partial charge in [-0.15, -0.1) is 0 Å². The fourth-order valence-electron chi connectivity index (χ4n) is 1.22. The average molecular weight is 194 g/mol. The molecule has 1 rings (SSSR count). The maximum Gasteiger partial charge on any atom is 0.293 e. The zero-order chi connectivity index (χ0) is 10.9.